The predicted octanol–water partition coefficient (Wildman–Crippen LogP) is 1.80. The van der Waals surface area contributed by atoms with E-state index in [0.29, 0.717) is 0 Å². The van der Waals surface area contributed by atoms with Gasteiger partial charge >= 0.3 is 17.9 Å². The molecule has 0 radical (unpaired) electrons. The van der Waals surface area contributed by atoms with Crippen molar-refractivity contribution >= 4 is 29.5 Å². The highest BCUT2D eigenvalue weighted by atomic mass is 35.5. The van der Waals surface area contributed by atoms with E-state index in [1.165, 1.54) is 25.1 Å². The Labute approximate surface area is 149 Å². The predicted molar refractivity (Wildman–Crippen MR) is 89.9 cm³/mol. The highest BCUT2D eigenvalue weighted by molar-refractivity contribution is 6.18. The van der Waals surface area contributed by atoms with Gasteiger partial charge in [0.25, 0.3) is 0 Å². The number of aromatic carboxylic acids is 1. The maximum absolute atomic E-state index is 12.1. The van der Waals surface area contributed by atoms with Crippen LogP contribution in [-0.2, 0) is 20.7 Å². The molecule has 0 aliphatic heterocycles. The summed E-state index contributed by atoms with van der Waals surface area (Å²) in [7, 11) is 0. The molecule has 0 heterocycles. The highest BCUT2D eigenvalue weighted by Gasteiger charge is 2.22. The Balaban J connectivity index is 2.84. The van der Waals surface area contributed by atoms with Crippen LogP contribution in [-0.4, -0.2) is 53.3 Å². The molecule has 1 aromatic rings. The number of hydrogen-bond donors (Lipinski definition) is 2. The van der Waals surface area contributed by atoms with Gasteiger partial charge in [0.1, 0.15) is 13.2 Å². The summed E-state index contributed by atoms with van der Waals surface area (Å²) in [4.78, 5) is 34.8. The number of aliphatic hydroxyl groups is 1. The van der Waals surface area contributed by atoms with Crippen molar-refractivity contribution in [3.05, 3.63) is 47.0 Å². The van der Waals surface area contributed by atoms with Gasteiger partial charge in [-0.1, -0.05) is 18.7 Å². The van der Waals surface area contributed by atoms with Gasteiger partial charge in [-0.2, -0.15) is 0 Å². The third kappa shape index (κ3) is 6.21. The zero-order chi connectivity index (χ0) is 19.0. The van der Waals surface area contributed by atoms with E-state index in [1.807, 2.05) is 0 Å². The maximum atomic E-state index is 12.1. The lowest BCUT2D eigenvalue weighted by Crippen LogP contribution is -2.20. The lowest BCUT2D eigenvalue weighted by atomic mass is 9.97. The topological polar surface area (TPSA) is 110 Å². The van der Waals surface area contributed by atoms with Crippen LogP contribution in [0.1, 0.15) is 33.2 Å². The van der Waals surface area contributed by atoms with Crippen LogP contribution in [0.4, 0.5) is 0 Å². The Morgan fingerprint density at radius 1 is 1.24 bits per heavy atom. The Morgan fingerprint density at radius 3 is 2.44 bits per heavy atom. The summed E-state index contributed by atoms with van der Waals surface area (Å²) < 4.78 is 9.72. The molecule has 1 aromatic carbocycles. The summed E-state index contributed by atoms with van der Waals surface area (Å²) in [6.07, 6.45) is -0.949. The number of ether oxygens (including phenoxy) is 2. The normalized spacial score (nSPS) is 11.5. The largest absolute Gasteiger partial charge is 0.478 e. The van der Waals surface area contributed by atoms with Gasteiger partial charge in [0, 0.05) is 17.9 Å². The van der Waals surface area contributed by atoms with E-state index in [9.17, 15) is 24.6 Å². The van der Waals surface area contributed by atoms with Gasteiger partial charge in [-0.25, -0.2) is 14.4 Å². The van der Waals surface area contributed by atoms with Crippen molar-refractivity contribution in [2.24, 2.45) is 0 Å². The number of hydrogen-bond acceptors (Lipinski definition) is 6. The summed E-state index contributed by atoms with van der Waals surface area (Å²) in [5.74, 6) is -2.87. The van der Waals surface area contributed by atoms with Gasteiger partial charge < -0.3 is 19.7 Å². The maximum Gasteiger partial charge on any atom is 0.339 e. The van der Waals surface area contributed by atoms with Gasteiger partial charge in [-0.05, 0) is 18.6 Å². The zero-order valence-corrected chi connectivity index (χ0v) is 14.4. The van der Waals surface area contributed by atoms with E-state index in [0.717, 1.165) is 0 Å². The molecule has 8 heteroatoms. The van der Waals surface area contributed by atoms with E-state index in [1.54, 1.807) is 0 Å². The molecule has 0 spiro atoms. The van der Waals surface area contributed by atoms with Crippen molar-refractivity contribution in [3.8, 4) is 0 Å². The number of halogens is 1. The van der Waals surface area contributed by atoms with Crippen molar-refractivity contribution < 1.29 is 34.1 Å². The summed E-state index contributed by atoms with van der Waals surface area (Å²) in [6.45, 7) is 4.48. The van der Waals surface area contributed by atoms with E-state index < -0.39 is 24.0 Å². The fourth-order valence-corrected chi connectivity index (χ4v) is 2.08. The van der Waals surface area contributed by atoms with Gasteiger partial charge in [0.15, 0.2) is 0 Å². The third-order valence-electron chi connectivity index (χ3n) is 3.12. The molecular weight excluding hydrogens is 352 g/mol. The Bertz CT molecular complexity index is 669. The molecule has 7 nitrogen and oxygen atoms in total. The lowest BCUT2D eigenvalue weighted by molar-refractivity contribution is -0.140. The smallest absolute Gasteiger partial charge is 0.339 e. The number of rotatable bonds is 9. The molecule has 25 heavy (non-hydrogen) atoms. The average molecular weight is 371 g/mol. The molecular formula is C17H19ClO7. The Hall–Kier alpha value is -2.38. The number of benzene rings is 1. The van der Waals surface area contributed by atoms with Gasteiger partial charge in [-0.15, -0.1) is 11.6 Å². The minimum absolute atomic E-state index is 0.0114. The molecule has 0 amide bonds. The van der Waals surface area contributed by atoms with Crippen LogP contribution in [0.3, 0.4) is 0 Å². The van der Waals surface area contributed by atoms with Crippen molar-refractivity contribution in [1.82, 2.24) is 0 Å². The van der Waals surface area contributed by atoms with Crippen LogP contribution in [0.25, 0.3) is 0 Å². The molecule has 1 unspecified atom stereocenters. The molecule has 0 bridgehead atoms. The highest BCUT2D eigenvalue weighted by Crippen LogP contribution is 2.18. The van der Waals surface area contributed by atoms with Gasteiger partial charge in [-0.3, -0.25) is 0 Å². The molecule has 2 N–H and O–H groups in total. The number of alkyl halides is 1. The van der Waals surface area contributed by atoms with E-state index in [-0.39, 0.29) is 47.8 Å². The van der Waals surface area contributed by atoms with Crippen LogP contribution in [0, 0.1) is 0 Å². The number of carbonyl (C=O) groups excluding carboxylic acids is 2. The summed E-state index contributed by atoms with van der Waals surface area (Å²) >= 11 is 5.53. The standard InChI is InChI=1S/C17H19ClO7/c1-10(2)16(22)24-6-7-25-17(23)13-5-3-4-11(8-12(19)9-18)14(13)15(20)21/h3-5,12,19H,1,6-9H2,2H3,(H,20,21). The molecule has 0 saturated carbocycles. The first-order valence-electron chi connectivity index (χ1n) is 7.36. The van der Waals surface area contributed by atoms with E-state index in [2.05, 4.69) is 6.58 Å². The summed E-state index contributed by atoms with van der Waals surface area (Å²) in [6, 6.07) is 4.29. The second kappa shape index (κ2) is 9.80. The van der Waals surface area contributed by atoms with Crippen LogP contribution in [0.2, 0.25) is 0 Å². The fraction of sp³-hybridized carbons (Fsp3) is 0.353. The van der Waals surface area contributed by atoms with Crippen molar-refractivity contribution in [1.29, 1.82) is 0 Å². The number of aliphatic hydroxyl groups excluding tert-OH is 1. The van der Waals surface area contributed by atoms with E-state index >= 15 is 0 Å². The third-order valence-corrected chi connectivity index (χ3v) is 3.47. The van der Waals surface area contributed by atoms with Crippen LogP contribution < -0.4 is 0 Å². The molecule has 0 aromatic heterocycles. The number of carboxylic acids is 1. The first-order chi connectivity index (χ1) is 11.8. The molecule has 1 atom stereocenters. The van der Waals surface area contributed by atoms with Crippen molar-refractivity contribution in [2.75, 3.05) is 19.1 Å². The lowest BCUT2D eigenvalue weighted by Gasteiger charge is -2.13. The molecule has 136 valence electrons. The number of carbonyl (C=O) groups is 3. The van der Waals surface area contributed by atoms with Crippen LogP contribution in [0.15, 0.2) is 30.4 Å². The number of carboxylic acid groups (broad SMARTS) is 1. The molecule has 0 aliphatic carbocycles. The zero-order valence-electron chi connectivity index (χ0n) is 13.7. The number of esters is 2. The van der Waals surface area contributed by atoms with Crippen molar-refractivity contribution in [3.63, 3.8) is 0 Å². The molecule has 0 saturated heterocycles. The second-order valence-electron chi connectivity index (χ2n) is 5.21. The van der Waals surface area contributed by atoms with Gasteiger partial charge in [0.2, 0.25) is 0 Å². The fourth-order valence-electron chi connectivity index (χ4n) is 1.97. The second-order valence-corrected chi connectivity index (χ2v) is 5.52. The Kier molecular flexibility index (Phi) is 8.10. The van der Waals surface area contributed by atoms with E-state index in [4.69, 9.17) is 21.1 Å². The van der Waals surface area contributed by atoms with Crippen LogP contribution >= 0.6 is 11.6 Å². The van der Waals surface area contributed by atoms with Gasteiger partial charge in [0.05, 0.1) is 17.2 Å². The SMILES string of the molecule is C=C(C)C(=O)OCCOC(=O)c1cccc(CC(O)CCl)c1C(=O)O. The minimum atomic E-state index is -1.32. The first-order valence-corrected chi connectivity index (χ1v) is 7.90. The minimum Gasteiger partial charge on any atom is -0.478 e. The molecule has 0 fully saturated rings. The molecule has 1 rings (SSSR count). The first kappa shape index (κ1) is 20.7. The average Bonchev–Trinajstić information content (AvgIpc) is 2.57. The summed E-state index contributed by atoms with van der Waals surface area (Å²) in [5, 5.41) is 19.0. The Morgan fingerprint density at radius 2 is 1.88 bits per heavy atom. The van der Waals surface area contributed by atoms with Crippen molar-refractivity contribution in [2.45, 2.75) is 19.4 Å². The summed E-state index contributed by atoms with van der Waals surface area (Å²) in [5.41, 5.74) is 0.0717. The monoisotopic (exact) mass is 370 g/mol. The molecule has 0 aliphatic rings. The van der Waals surface area contributed by atoms with Crippen LogP contribution in [0.5, 0.6) is 0 Å². The quantitative estimate of drug-likeness (QED) is 0.295.